The molecule has 3 heterocycles. The third-order valence-corrected chi connectivity index (χ3v) is 6.25. The number of hydrogen-bond donors (Lipinski definition) is 2. The highest BCUT2D eigenvalue weighted by molar-refractivity contribution is 5.99. The number of urea groups is 1. The number of fused-ring (bicyclic) bond motifs is 6. The normalized spacial score (nSPS) is 18.2. The van der Waals surface area contributed by atoms with Crippen LogP contribution in [-0.2, 0) is 17.9 Å². The van der Waals surface area contributed by atoms with Crippen LogP contribution < -0.4 is 5.48 Å². The fraction of sp³-hybridized carbons (Fsp3) is 0.261. The third kappa shape index (κ3) is 3.07. The summed E-state index contributed by atoms with van der Waals surface area (Å²) in [5, 5.41) is 9.86. The van der Waals surface area contributed by atoms with Crippen LogP contribution in [0.5, 0.6) is 0 Å². The zero-order valence-corrected chi connectivity index (χ0v) is 17.0. The van der Waals surface area contributed by atoms with Crippen molar-refractivity contribution in [3.8, 4) is 0 Å². The molecule has 2 bridgehead atoms. The van der Waals surface area contributed by atoms with Crippen molar-refractivity contribution in [3.05, 3.63) is 70.9 Å². The predicted molar refractivity (Wildman–Crippen MR) is 113 cm³/mol. The molecular weight excluding hydrogens is 396 g/mol. The quantitative estimate of drug-likeness (QED) is 0.504. The van der Waals surface area contributed by atoms with Crippen LogP contribution in [0, 0.1) is 0 Å². The number of carbonyl (C=O) groups is 3. The van der Waals surface area contributed by atoms with Gasteiger partial charge >= 0.3 is 6.03 Å². The Morgan fingerprint density at radius 1 is 1.10 bits per heavy atom. The van der Waals surface area contributed by atoms with Crippen molar-refractivity contribution < 1.29 is 19.6 Å². The largest absolute Gasteiger partial charge is 0.338 e. The van der Waals surface area contributed by atoms with Gasteiger partial charge in [-0.05, 0) is 29.3 Å². The van der Waals surface area contributed by atoms with Crippen LogP contribution in [0.4, 0.5) is 4.79 Å². The van der Waals surface area contributed by atoms with Crippen molar-refractivity contribution in [2.24, 2.45) is 0 Å². The summed E-state index contributed by atoms with van der Waals surface area (Å²) in [6.45, 7) is 1.51. The van der Waals surface area contributed by atoms with Crippen molar-refractivity contribution in [1.82, 2.24) is 19.8 Å². The summed E-state index contributed by atoms with van der Waals surface area (Å²) in [7, 11) is 1.67. The summed E-state index contributed by atoms with van der Waals surface area (Å²) in [5.74, 6) is -0.839. The summed E-state index contributed by atoms with van der Waals surface area (Å²) in [6.07, 6.45) is 0. The van der Waals surface area contributed by atoms with Gasteiger partial charge in [0.05, 0.1) is 19.0 Å². The zero-order valence-electron chi connectivity index (χ0n) is 17.0. The number of rotatable bonds is 3. The number of likely N-dealkylation sites (N-methyl/N-ethyl adjacent to an activating group) is 1. The van der Waals surface area contributed by atoms with E-state index in [0.29, 0.717) is 25.2 Å². The van der Waals surface area contributed by atoms with Gasteiger partial charge in [0, 0.05) is 42.3 Å². The molecule has 3 amide bonds. The molecule has 5 rings (SSSR count). The minimum absolute atomic E-state index is 0.0570. The topological polar surface area (TPSA) is 94.9 Å². The van der Waals surface area contributed by atoms with Gasteiger partial charge < -0.3 is 14.4 Å². The number of nitrogens with one attached hydrogen (secondary N) is 1. The number of aromatic nitrogens is 1. The molecule has 2 aromatic carbocycles. The van der Waals surface area contributed by atoms with Gasteiger partial charge in [0.2, 0.25) is 0 Å². The van der Waals surface area contributed by atoms with E-state index in [9.17, 15) is 14.4 Å². The van der Waals surface area contributed by atoms with Gasteiger partial charge in [-0.15, -0.1) is 0 Å². The van der Waals surface area contributed by atoms with Gasteiger partial charge in [-0.1, -0.05) is 30.3 Å². The van der Waals surface area contributed by atoms with Gasteiger partial charge in [0.1, 0.15) is 0 Å². The number of Topliss-reactive ketones (excluding diaryl/α,β-unsaturated/α-hetero) is 1. The summed E-state index contributed by atoms with van der Waals surface area (Å²) in [5.41, 5.74) is 5.99. The Hall–Kier alpha value is -3.65. The molecule has 1 atom stereocenters. The fourth-order valence-electron chi connectivity index (χ4n) is 4.75. The van der Waals surface area contributed by atoms with E-state index in [-0.39, 0.29) is 24.3 Å². The van der Waals surface area contributed by atoms with E-state index in [0.717, 1.165) is 27.7 Å². The molecule has 0 radical (unpaired) electrons. The lowest BCUT2D eigenvalue weighted by molar-refractivity contribution is -0.120. The standard InChI is InChI=1S/C23H22N4O4/c1-25-13-20(28)17-11-26(23(25)30)12-19-21(17)16-4-2-3-5-18(16)27(19)10-14-6-8-15(9-7-14)22(29)24-31/h2-9,17,31H,10-13H2,1H3,(H,24,29). The van der Waals surface area contributed by atoms with Crippen molar-refractivity contribution >= 4 is 28.6 Å². The van der Waals surface area contributed by atoms with Gasteiger partial charge in [-0.25, -0.2) is 10.3 Å². The Kier molecular flexibility index (Phi) is 4.51. The first-order chi connectivity index (χ1) is 15.0. The first-order valence-electron chi connectivity index (χ1n) is 10.1. The minimum Gasteiger partial charge on any atom is -0.338 e. The third-order valence-electron chi connectivity index (χ3n) is 6.25. The monoisotopic (exact) mass is 418 g/mol. The highest BCUT2D eigenvalue weighted by atomic mass is 16.5. The summed E-state index contributed by atoms with van der Waals surface area (Å²) in [4.78, 5) is 40.6. The minimum atomic E-state index is -0.562. The molecule has 0 spiro atoms. The Bertz CT molecular complexity index is 1210. The lowest BCUT2D eigenvalue weighted by Crippen LogP contribution is -2.41. The highest BCUT2D eigenvalue weighted by Gasteiger charge is 2.40. The molecule has 2 N–H and O–H groups in total. The van der Waals surface area contributed by atoms with Gasteiger partial charge in [-0.2, -0.15) is 0 Å². The molecule has 3 aromatic rings. The number of hydroxylamine groups is 1. The zero-order chi connectivity index (χ0) is 21.7. The van der Waals surface area contributed by atoms with Crippen molar-refractivity contribution in [2.75, 3.05) is 20.1 Å². The van der Waals surface area contributed by atoms with E-state index in [2.05, 4.69) is 4.57 Å². The highest BCUT2D eigenvalue weighted by Crippen LogP contribution is 2.39. The molecule has 2 aliphatic heterocycles. The Morgan fingerprint density at radius 3 is 2.58 bits per heavy atom. The molecule has 8 nitrogen and oxygen atoms in total. The van der Waals surface area contributed by atoms with E-state index in [1.165, 1.54) is 4.90 Å². The number of benzene rings is 2. The first kappa shape index (κ1) is 19.3. The molecule has 8 heteroatoms. The number of hydrogen-bond acceptors (Lipinski definition) is 4. The van der Waals surface area contributed by atoms with Crippen LogP contribution >= 0.6 is 0 Å². The molecular formula is C23H22N4O4. The van der Waals surface area contributed by atoms with Gasteiger partial charge in [0.15, 0.2) is 5.78 Å². The summed E-state index contributed by atoms with van der Waals surface area (Å²) < 4.78 is 2.16. The Labute approximate surface area is 178 Å². The molecule has 158 valence electrons. The molecule has 1 fully saturated rings. The average molecular weight is 418 g/mol. The average Bonchev–Trinajstić information content (AvgIpc) is 3.07. The number of para-hydroxylation sites is 1. The van der Waals surface area contributed by atoms with Crippen LogP contribution in [0.2, 0.25) is 0 Å². The van der Waals surface area contributed by atoms with E-state index in [1.54, 1.807) is 29.6 Å². The van der Waals surface area contributed by atoms with Crippen LogP contribution in [0.25, 0.3) is 10.9 Å². The first-order valence-corrected chi connectivity index (χ1v) is 10.1. The molecule has 31 heavy (non-hydrogen) atoms. The fourth-order valence-corrected chi connectivity index (χ4v) is 4.75. The van der Waals surface area contributed by atoms with E-state index in [1.807, 2.05) is 36.4 Å². The SMILES string of the molecule is CN1CC(=O)C2CN(Cc3c2c2ccccc2n3Cc2ccc(C(=O)NO)cc2)C1=O. The van der Waals surface area contributed by atoms with Crippen molar-refractivity contribution in [1.29, 1.82) is 0 Å². The lowest BCUT2D eigenvalue weighted by atomic mass is 9.89. The van der Waals surface area contributed by atoms with Crippen LogP contribution in [0.15, 0.2) is 48.5 Å². The van der Waals surface area contributed by atoms with Crippen LogP contribution in [0.3, 0.4) is 0 Å². The van der Waals surface area contributed by atoms with Crippen LogP contribution in [-0.4, -0.2) is 57.4 Å². The van der Waals surface area contributed by atoms with Crippen LogP contribution in [0.1, 0.15) is 33.1 Å². The molecule has 0 aliphatic carbocycles. The summed E-state index contributed by atoms with van der Waals surface area (Å²) >= 11 is 0. The lowest BCUT2D eigenvalue weighted by Gasteiger charge is -2.31. The maximum atomic E-state index is 13.0. The van der Waals surface area contributed by atoms with E-state index in [4.69, 9.17) is 5.21 Å². The second kappa shape index (κ2) is 7.24. The molecule has 1 aromatic heterocycles. The maximum Gasteiger partial charge on any atom is 0.320 e. The molecule has 2 aliphatic rings. The number of carbonyl (C=O) groups excluding carboxylic acids is 3. The predicted octanol–water partition coefficient (Wildman–Crippen LogP) is 2.34. The Morgan fingerprint density at radius 2 is 1.84 bits per heavy atom. The number of nitrogens with zero attached hydrogens (tertiary/aromatic N) is 3. The molecule has 0 saturated carbocycles. The van der Waals surface area contributed by atoms with Gasteiger partial charge in [-0.3, -0.25) is 14.8 Å². The van der Waals surface area contributed by atoms with Crippen molar-refractivity contribution in [3.63, 3.8) is 0 Å². The van der Waals surface area contributed by atoms with Crippen molar-refractivity contribution in [2.45, 2.75) is 19.0 Å². The van der Waals surface area contributed by atoms with Gasteiger partial charge in [0.25, 0.3) is 5.91 Å². The maximum absolute atomic E-state index is 13.0. The number of ketones is 1. The second-order valence-electron chi connectivity index (χ2n) is 8.14. The number of amides is 3. The Balaban J connectivity index is 1.62. The smallest absolute Gasteiger partial charge is 0.320 e. The summed E-state index contributed by atoms with van der Waals surface area (Å²) in [6, 6.07) is 14.9. The van der Waals surface area contributed by atoms with E-state index >= 15 is 0 Å². The second-order valence-corrected chi connectivity index (χ2v) is 8.14. The molecule has 1 unspecified atom stereocenters. The van der Waals surface area contributed by atoms with E-state index < -0.39 is 5.91 Å². The molecule has 1 saturated heterocycles.